The van der Waals surface area contributed by atoms with Crippen molar-refractivity contribution in [1.29, 1.82) is 0 Å². The van der Waals surface area contributed by atoms with Crippen LogP contribution in [0.5, 0.6) is 0 Å². The normalized spacial score (nSPS) is 17.1. The van der Waals surface area contributed by atoms with Crippen LogP contribution in [0.4, 0.5) is 5.82 Å². The van der Waals surface area contributed by atoms with Crippen molar-refractivity contribution in [3.05, 3.63) is 16.0 Å². The van der Waals surface area contributed by atoms with E-state index in [4.69, 9.17) is 16.3 Å². The lowest BCUT2D eigenvalue weighted by atomic mass is 10.4. The van der Waals surface area contributed by atoms with Crippen molar-refractivity contribution in [3.63, 3.8) is 0 Å². The van der Waals surface area contributed by atoms with E-state index in [0.717, 1.165) is 32.1 Å². The maximum absolute atomic E-state index is 5.85. The molecule has 1 aliphatic rings. The zero-order valence-electron chi connectivity index (χ0n) is 7.41. The van der Waals surface area contributed by atoms with Crippen LogP contribution >= 0.6 is 27.5 Å². The summed E-state index contributed by atoms with van der Waals surface area (Å²) in [5.74, 6) is 0.807. The first-order chi connectivity index (χ1) is 6.77. The van der Waals surface area contributed by atoms with Crippen LogP contribution in [0.3, 0.4) is 0 Å². The van der Waals surface area contributed by atoms with Gasteiger partial charge in [0.15, 0.2) is 5.15 Å². The summed E-state index contributed by atoms with van der Waals surface area (Å²) in [5.41, 5.74) is 0. The van der Waals surface area contributed by atoms with Gasteiger partial charge in [-0.05, 0) is 15.9 Å². The van der Waals surface area contributed by atoms with E-state index in [9.17, 15) is 0 Å². The Kier molecular flexibility index (Phi) is 3.20. The molecule has 2 heterocycles. The third-order valence-corrected chi connectivity index (χ3v) is 3.08. The Bertz CT molecular complexity index is 330. The fourth-order valence-electron chi connectivity index (χ4n) is 1.29. The van der Waals surface area contributed by atoms with Crippen molar-refractivity contribution >= 4 is 33.3 Å². The number of nitrogens with zero attached hydrogens (tertiary/aromatic N) is 3. The van der Waals surface area contributed by atoms with Crippen molar-refractivity contribution in [3.8, 4) is 0 Å². The summed E-state index contributed by atoms with van der Waals surface area (Å²) in [7, 11) is 0. The lowest BCUT2D eigenvalue weighted by molar-refractivity contribution is 0.122. The molecule has 1 fully saturated rings. The Morgan fingerprint density at radius 2 is 2.14 bits per heavy atom. The van der Waals surface area contributed by atoms with E-state index in [1.54, 1.807) is 6.20 Å². The van der Waals surface area contributed by atoms with Crippen LogP contribution in [0.2, 0.25) is 5.15 Å². The van der Waals surface area contributed by atoms with Gasteiger partial charge in [-0.15, -0.1) is 0 Å². The van der Waals surface area contributed by atoms with Crippen molar-refractivity contribution < 1.29 is 4.74 Å². The van der Waals surface area contributed by atoms with Gasteiger partial charge < -0.3 is 9.64 Å². The minimum Gasteiger partial charge on any atom is -0.378 e. The molecule has 0 aliphatic carbocycles. The topological polar surface area (TPSA) is 38.2 Å². The number of morpholine rings is 1. The van der Waals surface area contributed by atoms with Gasteiger partial charge in [0.2, 0.25) is 0 Å². The maximum Gasteiger partial charge on any atom is 0.164 e. The summed E-state index contributed by atoms with van der Waals surface area (Å²) in [6, 6.07) is 0. The monoisotopic (exact) mass is 277 g/mol. The average Bonchev–Trinajstić information content (AvgIpc) is 2.23. The lowest BCUT2D eigenvalue weighted by Gasteiger charge is -2.27. The Morgan fingerprint density at radius 3 is 2.79 bits per heavy atom. The maximum atomic E-state index is 5.85. The summed E-state index contributed by atoms with van der Waals surface area (Å²) in [6.07, 6.45) is 1.71. The highest BCUT2D eigenvalue weighted by Gasteiger charge is 2.13. The zero-order valence-corrected chi connectivity index (χ0v) is 9.75. The number of rotatable bonds is 1. The number of hydrogen-bond donors (Lipinski definition) is 0. The van der Waals surface area contributed by atoms with Gasteiger partial charge in [0.05, 0.1) is 19.4 Å². The van der Waals surface area contributed by atoms with Gasteiger partial charge in [-0.2, -0.15) is 0 Å². The van der Waals surface area contributed by atoms with Gasteiger partial charge in [0.1, 0.15) is 10.4 Å². The molecule has 1 saturated heterocycles. The number of hydrogen-bond acceptors (Lipinski definition) is 4. The van der Waals surface area contributed by atoms with Gasteiger partial charge in [-0.3, -0.25) is 0 Å². The fourth-order valence-corrected chi connectivity index (χ4v) is 1.61. The molecule has 0 atom stereocenters. The molecule has 76 valence electrons. The van der Waals surface area contributed by atoms with Crippen LogP contribution < -0.4 is 4.90 Å². The molecule has 0 spiro atoms. The van der Waals surface area contributed by atoms with E-state index in [1.165, 1.54) is 0 Å². The summed E-state index contributed by atoms with van der Waals surface area (Å²) in [5, 5.41) is 0.397. The largest absolute Gasteiger partial charge is 0.378 e. The molecule has 0 aromatic carbocycles. The van der Waals surface area contributed by atoms with Gasteiger partial charge in [0, 0.05) is 13.1 Å². The summed E-state index contributed by atoms with van der Waals surface area (Å²) < 4.78 is 5.82. The predicted octanol–water partition coefficient (Wildman–Crippen LogP) is 1.73. The average molecular weight is 279 g/mol. The molecule has 2 rings (SSSR count). The third kappa shape index (κ3) is 2.16. The Labute approximate surface area is 95.4 Å². The highest BCUT2D eigenvalue weighted by molar-refractivity contribution is 9.10. The van der Waals surface area contributed by atoms with Crippen LogP contribution in [-0.2, 0) is 4.74 Å². The van der Waals surface area contributed by atoms with Crippen LogP contribution in [-0.4, -0.2) is 36.3 Å². The summed E-state index contributed by atoms with van der Waals surface area (Å²) in [4.78, 5) is 10.4. The Morgan fingerprint density at radius 1 is 1.43 bits per heavy atom. The van der Waals surface area contributed by atoms with Crippen molar-refractivity contribution in [2.24, 2.45) is 0 Å². The number of anilines is 1. The second-order valence-corrected chi connectivity index (χ2v) is 4.02. The van der Waals surface area contributed by atoms with Crippen LogP contribution in [0.25, 0.3) is 0 Å². The first-order valence-corrected chi connectivity index (χ1v) is 5.45. The molecule has 0 radical (unpaired) electrons. The predicted molar refractivity (Wildman–Crippen MR) is 57.8 cm³/mol. The number of halogens is 2. The molecular weight excluding hydrogens is 269 g/mol. The van der Waals surface area contributed by atoms with Crippen LogP contribution in [0.1, 0.15) is 0 Å². The second kappa shape index (κ2) is 4.42. The van der Waals surface area contributed by atoms with Crippen LogP contribution in [0.15, 0.2) is 10.8 Å². The van der Waals surface area contributed by atoms with E-state index in [1.807, 2.05) is 0 Å². The summed E-state index contributed by atoms with van der Waals surface area (Å²) in [6.45, 7) is 3.14. The molecule has 0 saturated carbocycles. The molecule has 0 N–H and O–H groups in total. The minimum atomic E-state index is 0.397. The molecule has 14 heavy (non-hydrogen) atoms. The molecule has 6 heteroatoms. The van der Waals surface area contributed by atoms with E-state index < -0.39 is 0 Å². The molecule has 0 unspecified atom stereocenters. The molecule has 0 amide bonds. The lowest BCUT2D eigenvalue weighted by Crippen LogP contribution is -2.36. The van der Waals surface area contributed by atoms with Crippen LogP contribution in [0, 0.1) is 0 Å². The summed E-state index contributed by atoms with van der Waals surface area (Å²) >= 11 is 9.06. The van der Waals surface area contributed by atoms with Crippen molar-refractivity contribution in [1.82, 2.24) is 9.97 Å². The van der Waals surface area contributed by atoms with E-state index in [0.29, 0.717) is 9.76 Å². The van der Waals surface area contributed by atoms with Gasteiger partial charge >= 0.3 is 0 Å². The third-order valence-electron chi connectivity index (χ3n) is 2.01. The molecule has 1 aromatic heterocycles. The first kappa shape index (κ1) is 10.1. The van der Waals surface area contributed by atoms with Crippen molar-refractivity contribution in [2.75, 3.05) is 31.2 Å². The van der Waals surface area contributed by atoms with E-state index in [2.05, 4.69) is 30.8 Å². The quantitative estimate of drug-likeness (QED) is 0.784. The molecule has 1 aliphatic heterocycles. The Balaban J connectivity index is 2.18. The SMILES string of the molecule is Clc1nc(N2CCOCC2)cnc1Br. The first-order valence-electron chi connectivity index (χ1n) is 4.28. The highest BCUT2D eigenvalue weighted by atomic mass is 79.9. The molecule has 0 bridgehead atoms. The Hall–Kier alpha value is -0.390. The van der Waals surface area contributed by atoms with E-state index in [-0.39, 0.29) is 0 Å². The minimum absolute atomic E-state index is 0.397. The number of aromatic nitrogens is 2. The second-order valence-electron chi connectivity index (χ2n) is 2.91. The van der Waals surface area contributed by atoms with Crippen molar-refractivity contribution in [2.45, 2.75) is 0 Å². The molecular formula is C8H9BrClN3O. The van der Waals surface area contributed by atoms with Gasteiger partial charge in [-0.25, -0.2) is 9.97 Å². The smallest absolute Gasteiger partial charge is 0.164 e. The number of ether oxygens (including phenoxy) is 1. The van der Waals surface area contributed by atoms with Gasteiger partial charge in [0.25, 0.3) is 0 Å². The molecule has 4 nitrogen and oxygen atoms in total. The fraction of sp³-hybridized carbons (Fsp3) is 0.500. The molecule has 1 aromatic rings. The standard InChI is InChI=1S/C8H9BrClN3O/c9-7-8(10)12-6(5-11-7)13-1-3-14-4-2-13/h5H,1-4H2. The highest BCUT2D eigenvalue weighted by Crippen LogP contribution is 2.21. The van der Waals surface area contributed by atoms with E-state index >= 15 is 0 Å². The van der Waals surface area contributed by atoms with Gasteiger partial charge in [-0.1, -0.05) is 11.6 Å². The zero-order chi connectivity index (χ0) is 9.97.